The van der Waals surface area contributed by atoms with Crippen LogP contribution in [0.15, 0.2) is 47.4 Å². The molecule has 0 aliphatic rings. The molecule has 0 aromatic heterocycles. The monoisotopic (exact) mass is 813 g/mol. The Morgan fingerprint density at radius 1 is 0.509 bits per heavy atom. The Hall–Kier alpha value is -0.814. The van der Waals surface area contributed by atoms with Gasteiger partial charge >= 0.3 is 63.3 Å². The summed E-state index contributed by atoms with van der Waals surface area (Å²) in [5, 5.41) is 0. The van der Waals surface area contributed by atoms with Crippen LogP contribution in [0.25, 0.3) is 0 Å². The number of unbranched alkanes of at least 4 members (excludes halogenated alkanes) is 26. The van der Waals surface area contributed by atoms with Crippen LogP contribution in [-0.4, -0.2) is 38.1 Å². The molecule has 7 nitrogen and oxygen atoms in total. The predicted octanol–water partition coefficient (Wildman–Crippen LogP) is 10.8. The van der Waals surface area contributed by atoms with Crippen LogP contribution in [0, 0.1) is 0 Å². The molecule has 0 fully saturated rings. The molecule has 0 bridgehead atoms. The summed E-state index contributed by atoms with van der Waals surface area (Å²) in [5.41, 5.74) is -0.794. The quantitative estimate of drug-likeness (QED) is 0.0216. The van der Waals surface area contributed by atoms with E-state index in [1.54, 1.807) is 0 Å². The summed E-state index contributed by atoms with van der Waals surface area (Å²) in [5.74, 6) is -1.83. The molecule has 9 heteroatoms. The van der Waals surface area contributed by atoms with E-state index in [2.05, 4.69) is 38.2 Å². The van der Waals surface area contributed by atoms with E-state index in [-0.39, 0.29) is 70.2 Å². The molecular formula is C46H77KO7S. The van der Waals surface area contributed by atoms with Crippen LogP contribution in [0.1, 0.15) is 227 Å². The Bertz CT molecular complexity index is 1240. The Morgan fingerprint density at radius 3 is 1.20 bits per heavy atom. The van der Waals surface area contributed by atoms with Crippen molar-refractivity contribution in [2.45, 2.75) is 211 Å². The number of carbonyl (C=O) groups excluding carboxylic acids is 2. The van der Waals surface area contributed by atoms with Crippen LogP contribution in [-0.2, 0) is 19.6 Å². The third-order valence-corrected chi connectivity index (χ3v) is 10.9. The fourth-order valence-electron chi connectivity index (χ4n) is 6.65. The van der Waals surface area contributed by atoms with Gasteiger partial charge < -0.3 is 14.0 Å². The van der Waals surface area contributed by atoms with Gasteiger partial charge in [0.15, 0.2) is 0 Å². The standard InChI is InChI=1S/C46H78O7S.K/c1-3-5-7-9-11-13-15-17-19-21-23-25-27-29-31-33-35-40-52-45(47)42-38-37-39-43(54(49,50)51)44(42)46(48)53-41-36-34-32-30-28-26-24-22-20-18-16-14-12-10-8-6-4-2;/h21-24,37-39H,3-20,25-36,40-41H2,1-2H3,(H,49,50,51);/q;+1/p-1/b23-21+,24-22+;. The number of rotatable bonds is 37. The molecule has 0 atom stereocenters. The van der Waals surface area contributed by atoms with Gasteiger partial charge in [0.2, 0.25) is 0 Å². The Balaban J connectivity index is 0.0000292. The minimum absolute atomic E-state index is 0. The van der Waals surface area contributed by atoms with Crippen LogP contribution < -0.4 is 51.4 Å². The molecule has 0 saturated carbocycles. The molecule has 55 heavy (non-hydrogen) atoms. The van der Waals surface area contributed by atoms with Crippen LogP contribution in [0.2, 0.25) is 0 Å². The minimum atomic E-state index is -5.02. The van der Waals surface area contributed by atoms with E-state index >= 15 is 0 Å². The molecule has 0 saturated heterocycles. The first kappa shape index (κ1) is 54.2. The zero-order valence-electron chi connectivity index (χ0n) is 35.4. The first-order valence-electron chi connectivity index (χ1n) is 22.1. The molecule has 0 N–H and O–H groups in total. The second-order valence-electron chi connectivity index (χ2n) is 15.0. The fourth-order valence-corrected chi connectivity index (χ4v) is 7.34. The average Bonchev–Trinajstić information content (AvgIpc) is 3.16. The van der Waals surface area contributed by atoms with Crippen molar-refractivity contribution in [3.63, 3.8) is 0 Å². The zero-order chi connectivity index (χ0) is 39.4. The largest absolute Gasteiger partial charge is 1.00 e. The van der Waals surface area contributed by atoms with Gasteiger partial charge in [-0.3, -0.25) is 0 Å². The molecule has 0 radical (unpaired) electrons. The smallest absolute Gasteiger partial charge is 0.744 e. The SMILES string of the molecule is CCCCCCCCCC/C=C/CCCCCCCOC(=O)c1cccc(S(=O)(=O)[O-])c1C(=O)OCCCCCCC/C=C/CCCCCCCCCC.[K+]. The molecule has 1 aromatic rings. The summed E-state index contributed by atoms with van der Waals surface area (Å²) in [6.07, 6.45) is 44.7. The average molecular weight is 813 g/mol. The number of esters is 2. The molecule has 0 amide bonds. The number of benzene rings is 1. The maximum absolute atomic E-state index is 13.0. The maximum Gasteiger partial charge on any atom is 1.00 e. The van der Waals surface area contributed by atoms with E-state index in [1.165, 1.54) is 121 Å². The van der Waals surface area contributed by atoms with Gasteiger partial charge in [-0.1, -0.05) is 173 Å². The minimum Gasteiger partial charge on any atom is -0.744 e. The van der Waals surface area contributed by atoms with Crippen LogP contribution in [0.4, 0.5) is 0 Å². The predicted molar refractivity (Wildman–Crippen MR) is 223 cm³/mol. The van der Waals surface area contributed by atoms with Gasteiger partial charge in [-0.2, -0.15) is 0 Å². The Labute approximate surface area is 380 Å². The molecule has 0 unspecified atom stereocenters. The van der Waals surface area contributed by atoms with Crippen LogP contribution in [0.3, 0.4) is 0 Å². The van der Waals surface area contributed by atoms with Gasteiger partial charge in [0.05, 0.1) is 29.2 Å². The number of allylic oxidation sites excluding steroid dienone is 4. The maximum atomic E-state index is 13.0. The molecule has 0 aliphatic carbocycles. The number of hydrogen-bond donors (Lipinski definition) is 0. The summed E-state index contributed by atoms with van der Waals surface area (Å²) >= 11 is 0. The molecule has 1 aromatic carbocycles. The molecule has 0 aliphatic heterocycles. The van der Waals surface area contributed by atoms with Gasteiger partial charge in [0.1, 0.15) is 10.1 Å². The van der Waals surface area contributed by atoms with E-state index in [0.717, 1.165) is 76.7 Å². The number of carbonyl (C=O) groups is 2. The summed E-state index contributed by atoms with van der Waals surface area (Å²) in [7, 11) is -5.02. The third-order valence-electron chi connectivity index (χ3n) is 10.00. The topological polar surface area (TPSA) is 110 Å². The van der Waals surface area contributed by atoms with Crippen molar-refractivity contribution in [3.05, 3.63) is 53.6 Å². The van der Waals surface area contributed by atoms with E-state index in [9.17, 15) is 22.6 Å². The van der Waals surface area contributed by atoms with Crippen LogP contribution >= 0.6 is 0 Å². The van der Waals surface area contributed by atoms with Crippen molar-refractivity contribution in [1.29, 1.82) is 0 Å². The van der Waals surface area contributed by atoms with Gasteiger partial charge in [-0.15, -0.1) is 0 Å². The van der Waals surface area contributed by atoms with Gasteiger partial charge in [-0.05, 0) is 76.3 Å². The van der Waals surface area contributed by atoms with E-state index < -0.39 is 32.5 Å². The number of ether oxygens (including phenoxy) is 2. The fraction of sp³-hybridized carbons (Fsp3) is 0.739. The summed E-state index contributed by atoms with van der Waals surface area (Å²) < 4.78 is 46.7. The second kappa shape index (κ2) is 38.7. The van der Waals surface area contributed by atoms with E-state index in [0.29, 0.717) is 12.8 Å². The van der Waals surface area contributed by atoms with E-state index in [4.69, 9.17) is 9.47 Å². The Kier molecular flexibility index (Phi) is 38.1. The number of hydrogen-bond acceptors (Lipinski definition) is 7. The molecule has 0 heterocycles. The first-order valence-corrected chi connectivity index (χ1v) is 23.5. The normalized spacial score (nSPS) is 11.7. The summed E-state index contributed by atoms with van der Waals surface area (Å²) in [6.45, 7) is 4.73. The van der Waals surface area contributed by atoms with Crippen molar-refractivity contribution >= 4 is 22.1 Å². The molecule has 310 valence electrons. The van der Waals surface area contributed by atoms with Crippen LogP contribution in [0.5, 0.6) is 0 Å². The summed E-state index contributed by atoms with van der Waals surface area (Å²) in [4.78, 5) is 25.2. The van der Waals surface area contributed by atoms with Crippen molar-refractivity contribution in [2.24, 2.45) is 0 Å². The molecule has 1 rings (SSSR count). The summed E-state index contributed by atoms with van der Waals surface area (Å²) in [6, 6.07) is 3.61. The zero-order valence-corrected chi connectivity index (χ0v) is 39.4. The van der Waals surface area contributed by atoms with E-state index in [1.807, 2.05) is 0 Å². The van der Waals surface area contributed by atoms with Crippen molar-refractivity contribution in [3.8, 4) is 0 Å². The van der Waals surface area contributed by atoms with Crippen molar-refractivity contribution < 1.29 is 83.4 Å². The second-order valence-corrected chi connectivity index (χ2v) is 16.3. The van der Waals surface area contributed by atoms with Crippen molar-refractivity contribution in [1.82, 2.24) is 0 Å². The molecular weight excluding hydrogens is 736 g/mol. The molecule has 0 spiro atoms. The van der Waals surface area contributed by atoms with Gasteiger partial charge in [0, 0.05) is 0 Å². The van der Waals surface area contributed by atoms with Crippen molar-refractivity contribution in [2.75, 3.05) is 13.2 Å². The first-order chi connectivity index (χ1) is 26.3. The third kappa shape index (κ3) is 30.9. The van der Waals surface area contributed by atoms with Gasteiger partial charge in [-0.25, -0.2) is 18.0 Å². The Morgan fingerprint density at radius 2 is 0.836 bits per heavy atom. The van der Waals surface area contributed by atoms with Gasteiger partial charge in [0.25, 0.3) is 0 Å².